The zero-order valence-corrected chi connectivity index (χ0v) is 11.9. The van der Waals surface area contributed by atoms with Crippen molar-refractivity contribution in [2.45, 2.75) is 31.8 Å². The molecule has 21 heavy (non-hydrogen) atoms. The first kappa shape index (κ1) is 14.0. The van der Waals surface area contributed by atoms with Gasteiger partial charge in [-0.3, -0.25) is 9.59 Å². The van der Waals surface area contributed by atoms with Crippen LogP contribution in [-0.2, 0) is 0 Å². The Bertz CT molecular complexity index is 611. The number of carbonyl (C=O) groups excluding carboxylic acids is 2. The highest BCUT2D eigenvalue weighted by Gasteiger charge is 2.41. The lowest BCUT2D eigenvalue weighted by Crippen LogP contribution is -2.44. The van der Waals surface area contributed by atoms with Gasteiger partial charge >= 0.3 is 0 Å². The van der Waals surface area contributed by atoms with Crippen molar-refractivity contribution in [2.24, 2.45) is 5.73 Å². The fourth-order valence-electron chi connectivity index (χ4n) is 3.41. The number of nitrogens with one attached hydrogen (secondary N) is 1. The van der Waals surface area contributed by atoms with E-state index in [1.807, 2.05) is 6.92 Å². The average Bonchev–Trinajstić information content (AvgIpc) is 2.70. The summed E-state index contributed by atoms with van der Waals surface area (Å²) in [6.07, 6.45) is 1.72. The molecule has 1 atom stereocenters. The Balaban J connectivity index is 2.05. The lowest BCUT2D eigenvalue weighted by molar-refractivity contribution is 0.0599. The van der Waals surface area contributed by atoms with Crippen LogP contribution < -0.4 is 11.1 Å². The lowest BCUT2D eigenvalue weighted by Gasteiger charge is -2.34. The number of carbonyl (C=O) groups is 2. The van der Waals surface area contributed by atoms with Crippen molar-refractivity contribution in [3.63, 3.8) is 0 Å². The summed E-state index contributed by atoms with van der Waals surface area (Å²) in [5.41, 5.74) is 6.12. The molecule has 0 aliphatic carbocycles. The van der Waals surface area contributed by atoms with Gasteiger partial charge in [0.25, 0.3) is 5.91 Å². The van der Waals surface area contributed by atoms with Crippen LogP contribution in [-0.4, -0.2) is 35.8 Å². The molecule has 112 valence electrons. The molecule has 0 bridgehead atoms. The maximum absolute atomic E-state index is 13.7. The number of hydrogen-bond acceptors (Lipinski definition) is 3. The van der Waals surface area contributed by atoms with Gasteiger partial charge < -0.3 is 16.0 Å². The minimum Gasteiger partial charge on any atom is -0.366 e. The molecule has 2 heterocycles. The smallest absolute Gasteiger partial charge is 0.255 e. The van der Waals surface area contributed by atoms with Crippen molar-refractivity contribution in [3.8, 4) is 0 Å². The molecule has 0 spiro atoms. The Morgan fingerprint density at radius 3 is 2.67 bits per heavy atom. The Morgan fingerprint density at radius 2 is 2.05 bits per heavy atom. The van der Waals surface area contributed by atoms with Crippen LogP contribution in [0.5, 0.6) is 0 Å². The Hall–Kier alpha value is -1.95. The number of primary amides is 1. The maximum atomic E-state index is 13.7. The van der Waals surface area contributed by atoms with Gasteiger partial charge in [0.05, 0.1) is 17.2 Å². The quantitative estimate of drug-likeness (QED) is 0.859. The second-order valence-electron chi connectivity index (χ2n) is 5.65. The van der Waals surface area contributed by atoms with Crippen LogP contribution >= 0.6 is 0 Å². The van der Waals surface area contributed by atoms with Crippen molar-refractivity contribution in [1.29, 1.82) is 0 Å². The monoisotopic (exact) mass is 291 g/mol. The molecular weight excluding hydrogens is 273 g/mol. The molecule has 1 fully saturated rings. The topological polar surface area (TPSA) is 75.4 Å². The Labute approximate surface area is 122 Å². The van der Waals surface area contributed by atoms with Gasteiger partial charge in [0.15, 0.2) is 0 Å². The summed E-state index contributed by atoms with van der Waals surface area (Å²) < 4.78 is 13.7. The number of amides is 2. The molecule has 2 aliphatic rings. The van der Waals surface area contributed by atoms with E-state index in [1.165, 1.54) is 6.07 Å². The van der Waals surface area contributed by atoms with Crippen LogP contribution in [0.4, 0.5) is 4.39 Å². The van der Waals surface area contributed by atoms with Crippen LogP contribution in [0.15, 0.2) is 12.1 Å². The molecule has 0 saturated carbocycles. The average molecular weight is 291 g/mol. The minimum absolute atomic E-state index is 0.0155. The Kier molecular flexibility index (Phi) is 3.41. The first-order chi connectivity index (χ1) is 10.0. The van der Waals surface area contributed by atoms with E-state index in [9.17, 15) is 14.0 Å². The molecule has 3 N–H and O–H groups in total. The molecule has 3 rings (SSSR count). The van der Waals surface area contributed by atoms with Gasteiger partial charge in [-0.1, -0.05) is 0 Å². The molecule has 0 radical (unpaired) electrons. The van der Waals surface area contributed by atoms with Gasteiger partial charge in [0, 0.05) is 6.04 Å². The van der Waals surface area contributed by atoms with E-state index in [-0.39, 0.29) is 29.1 Å². The van der Waals surface area contributed by atoms with E-state index in [0.29, 0.717) is 5.56 Å². The first-order valence-electron chi connectivity index (χ1n) is 7.17. The predicted octanol–water partition coefficient (Wildman–Crippen LogP) is 1.19. The Morgan fingerprint density at radius 1 is 1.38 bits per heavy atom. The zero-order valence-electron chi connectivity index (χ0n) is 11.9. The molecule has 1 saturated heterocycles. The normalized spacial score (nSPS) is 22.5. The third-order valence-electron chi connectivity index (χ3n) is 4.42. The fourth-order valence-corrected chi connectivity index (χ4v) is 3.41. The van der Waals surface area contributed by atoms with Crippen LogP contribution in [0, 0.1) is 5.82 Å². The summed E-state index contributed by atoms with van der Waals surface area (Å²) in [5, 5.41) is 3.26. The van der Waals surface area contributed by atoms with E-state index in [2.05, 4.69) is 5.32 Å². The summed E-state index contributed by atoms with van der Waals surface area (Å²) in [6.45, 7) is 3.58. The molecule has 2 amide bonds. The van der Waals surface area contributed by atoms with Gasteiger partial charge in [-0.15, -0.1) is 0 Å². The second-order valence-corrected chi connectivity index (χ2v) is 5.65. The molecule has 0 aromatic heterocycles. The standard InChI is InChI=1S/C15H18FN3O2/c1-8-11-6-9(16)7-12(14(17)20)13(11)15(21)19(8)10-2-4-18-5-3-10/h6-8,10,18H,2-5H2,1H3,(H2,17,20). The van der Waals surface area contributed by atoms with E-state index >= 15 is 0 Å². The van der Waals surface area contributed by atoms with Crippen molar-refractivity contribution in [1.82, 2.24) is 10.2 Å². The summed E-state index contributed by atoms with van der Waals surface area (Å²) in [4.78, 5) is 26.0. The number of rotatable bonds is 2. The summed E-state index contributed by atoms with van der Waals surface area (Å²) in [6, 6.07) is 2.28. The predicted molar refractivity (Wildman–Crippen MR) is 75.4 cm³/mol. The summed E-state index contributed by atoms with van der Waals surface area (Å²) in [5.74, 6) is -1.51. The third-order valence-corrected chi connectivity index (χ3v) is 4.42. The number of halogens is 1. The highest BCUT2D eigenvalue weighted by molar-refractivity contribution is 6.09. The van der Waals surface area contributed by atoms with Crippen LogP contribution in [0.2, 0.25) is 0 Å². The molecule has 6 heteroatoms. The molecular formula is C15H18FN3O2. The van der Waals surface area contributed by atoms with Crippen molar-refractivity contribution in [2.75, 3.05) is 13.1 Å². The molecule has 1 aromatic carbocycles. The zero-order chi connectivity index (χ0) is 15.1. The minimum atomic E-state index is -0.765. The van der Waals surface area contributed by atoms with Crippen molar-refractivity contribution < 1.29 is 14.0 Å². The number of benzene rings is 1. The van der Waals surface area contributed by atoms with Gasteiger partial charge in [-0.05, 0) is 50.6 Å². The van der Waals surface area contributed by atoms with Crippen LogP contribution in [0.3, 0.4) is 0 Å². The highest BCUT2D eigenvalue weighted by Crippen LogP contribution is 2.38. The van der Waals surface area contributed by atoms with Gasteiger partial charge in [-0.2, -0.15) is 0 Å². The number of piperidine rings is 1. The molecule has 2 aliphatic heterocycles. The van der Waals surface area contributed by atoms with E-state index < -0.39 is 11.7 Å². The molecule has 1 aromatic rings. The maximum Gasteiger partial charge on any atom is 0.255 e. The first-order valence-corrected chi connectivity index (χ1v) is 7.17. The number of nitrogens with zero attached hydrogens (tertiary/aromatic N) is 1. The number of fused-ring (bicyclic) bond motifs is 1. The van der Waals surface area contributed by atoms with Crippen molar-refractivity contribution in [3.05, 3.63) is 34.6 Å². The van der Waals surface area contributed by atoms with E-state index in [0.717, 1.165) is 32.0 Å². The van der Waals surface area contributed by atoms with Gasteiger partial charge in [0.1, 0.15) is 5.82 Å². The largest absolute Gasteiger partial charge is 0.366 e. The number of hydrogen-bond donors (Lipinski definition) is 2. The fraction of sp³-hybridized carbons (Fsp3) is 0.467. The summed E-state index contributed by atoms with van der Waals surface area (Å²) >= 11 is 0. The molecule has 5 nitrogen and oxygen atoms in total. The van der Waals surface area contributed by atoms with Crippen LogP contribution in [0.1, 0.15) is 52.1 Å². The van der Waals surface area contributed by atoms with Gasteiger partial charge in [0.2, 0.25) is 5.91 Å². The lowest BCUT2D eigenvalue weighted by atomic mass is 9.99. The van der Waals surface area contributed by atoms with E-state index in [4.69, 9.17) is 5.73 Å². The summed E-state index contributed by atoms with van der Waals surface area (Å²) in [7, 11) is 0. The third kappa shape index (κ3) is 2.19. The molecule has 1 unspecified atom stereocenters. The van der Waals surface area contributed by atoms with Gasteiger partial charge in [-0.25, -0.2) is 4.39 Å². The van der Waals surface area contributed by atoms with Crippen LogP contribution in [0.25, 0.3) is 0 Å². The number of nitrogens with two attached hydrogens (primary N) is 1. The second kappa shape index (κ2) is 5.11. The highest BCUT2D eigenvalue weighted by atomic mass is 19.1. The van der Waals surface area contributed by atoms with E-state index in [1.54, 1.807) is 4.90 Å². The van der Waals surface area contributed by atoms with Crippen molar-refractivity contribution >= 4 is 11.8 Å². The SMILES string of the molecule is CC1c2cc(F)cc(C(N)=O)c2C(=O)N1C1CCNCC1.